The number of carbonyl (C=O) groups excluding carboxylic acids is 1. The number of methoxy groups -OCH3 is 1. The summed E-state index contributed by atoms with van der Waals surface area (Å²) < 4.78 is 38.9. The van der Waals surface area contributed by atoms with E-state index in [1.165, 1.54) is 17.7 Å². The van der Waals surface area contributed by atoms with E-state index in [4.69, 9.17) is 10.5 Å². The van der Waals surface area contributed by atoms with Crippen molar-refractivity contribution in [3.05, 3.63) is 97.4 Å². The number of esters is 1. The Morgan fingerprint density at radius 1 is 1.19 bits per heavy atom. The Morgan fingerprint density at radius 3 is 2.62 bits per heavy atom. The Morgan fingerprint density at radius 2 is 1.94 bits per heavy atom. The van der Waals surface area contributed by atoms with Gasteiger partial charge in [0.2, 0.25) is 0 Å². The zero-order valence-corrected chi connectivity index (χ0v) is 19.0. The Kier molecular flexibility index (Phi) is 7.42. The fourth-order valence-electron chi connectivity index (χ4n) is 3.14. The van der Waals surface area contributed by atoms with E-state index in [0.717, 1.165) is 17.7 Å². The van der Waals surface area contributed by atoms with Gasteiger partial charge in [0.1, 0.15) is 34.5 Å². The van der Waals surface area contributed by atoms with Gasteiger partial charge < -0.3 is 19.8 Å². The molecule has 2 aromatic carbocycles. The molecule has 0 spiro atoms. The van der Waals surface area contributed by atoms with Crippen molar-refractivity contribution in [3.8, 4) is 5.75 Å². The molecule has 1 heterocycles. The van der Waals surface area contributed by atoms with E-state index in [-0.39, 0.29) is 34.5 Å². The van der Waals surface area contributed by atoms with Crippen molar-refractivity contribution in [2.75, 3.05) is 7.11 Å². The first kappa shape index (κ1) is 23.6. The van der Waals surface area contributed by atoms with E-state index in [9.17, 15) is 18.4 Å². The molecule has 168 valence electrons. The van der Waals surface area contributed by atoms with Gasteiger partial charge in [-0.25, -0.2) is 8.78 Å². The zero-order chi connectivity index (χ0) is 23.4. The number of aryl methyl sites for hydroxylation is 1. The Labute approximate surface area is 191 Å². The normalized spacial score (nSPS) is 11.8. The van der Waals surface area contributed by atoms with Crippen LogP contribution in [0.2, 0.25) is 0 Å². The van der Waals surface area contributed by atoms with Gasteiger partial charge in [-0.05, 0) is 46.1 Å². The van der Waals surface area contributed by atoms with Gasteiger partial charge in [0.25, 0.3) is 5.56 Å². The molecule has 0 bridgehead atoms. The van der Waals surface area contributed by atoms with E-state index in [1.54, 1.807) is 31.2 Å². The number of aromatic nitrogens is 1. The van der Waals surface area contributed by atoms with E-state index < -0.39 is 23.6 Å². The van der Waals surface area contributed by atoms with E-state index >= 15 is 0 Å². The fraction of sp³-hybridized carbons (Fsp3) is 0.217. The minimum absolute atomic E-state index is 0.166. The summed E-state index contributed by atoms with van der Waals surface area (Å²) in [7, 11) is 1.26. The van der Waals surface area contributed by atoms with Crippen molar-refractivity contribution in [2.24, 2.45) is 5.73 Å². The van der Waals surface area contributed by atoms with E-state index in [1.807, 2.05) is 6.07 Å². The van der Waals surface area contributed by atoms with Crippen molar-refractivity contribution in [1.29, 1.82) is 0 Å². The summed E-state index contributed by atoms with van der Waals surface area (Å²) in [6.07, 6.45) is 0. The number of benzene rings is 2. The second-order valence-corrected chi connectivity index (χ2v) is 7.92. The summed E-state index contributed by atoms with van der Waals surface area (Å²) in [5.41, 5.74) is 7.66. The first-order valence-corrected chi connectivity index (χ1v) is 10.4. The molecule has 9 heteroatoms. The van der Waals surface area contributed by atoms with Crippen LogP contribution in [0.4, 0.5) is 8.78 Å². The van der Waals surface area contributed by atoms with Crippen LogP contribution in [-0.2, 0) is 22.7 Å². The lowest BCUT2D eigenvalue weighted by Crippen LogP contribution is -2.25. The van der Waals surface area contributed by atoms with Gasteiger partial charge in [0, 0.05) is 23.4 Å². The predicted octanol–water partition coefficient (Wildman–Crippen LogP) is 4.00. The number of halogens is 3. The number of hydrogen-bond acceptors (Lipinski definition) is 5. The average molecular weight is 507 g/mol. The summed E-state index contributed by atoms with van der Waals surface area (Å²) in [6, 6.07) is 10.9. The van der Waals surface area contributed by atoms with Crippen LogP contribution >= 0.6 is 15.9 Å². The number of carbonyl (C=O) groups is 1. The maximum absolute atomic E-state index is 13.8. The average Bonchev–Trinajstić information content (AvgIpc) is 2.78. The number of rotatable bonds is 7. The molecule has 1 atom stereocenters. The lowest BCUT2D eigenvalue weighted by Gasteiger charge is -2.16. The highest BCUT2D eigenvalue weighted by molar-refractivity contribution is 9.10. The summed E-state index contributed by atoms with van der Waals surface area (Å²) in [5, 5.41) is 0. The molecule has 2 N–H and O–H groups in total. The Hall–Kier alpha value is -3.04. The van der Waals surface area contributed by atoms with Crippen LogP contribution in [0.15, 0.2) is 57.8 Å². The third-order valence-corrected chi connectivity index (χ3v) is 5.65. The highest BCUT2D eigenvalue weighted by atomic mass is 79.9. The molecule has 0 amide bonds. The van der Waals surface area contributed by atoms with Gasteiger partial charge in [0.15, 0.2) is 0 Å². The van der Waals surface area contributed by atoms with Crippen LogP contribution in [0.3, 0.4) is 0 Å². The quantitative estimate of drug-likeness (QED) is 0.489. The smallest absolute Gasteiger partial charge is 0.327 e. The minimum Gasteiger partial charge on any atom is -0.487 e. The number of hydrogen-bond donors (Lipinski definition) is 1. The second kappa shape index (κ2) is 10.1. The van der Waals surface area contributed by atoms with E-state index in [0.29, 0.717) is 11.3 Å². The molecule has 1 unspecified atom stereocenters. The predicted molar refractivity (Wildman–Crippen MR) is 118 cm³/mol. The lowest BCUT2D eigenvalue weighted by atomic mass is 10.0. The lowest BCUT2D eigenvalue weighted by molar-refractivity contribution is -0.142. The van der Waals surface area contributed by atoms with Crippen LogP contribution in [-0.4, -0.2) is 17.6 Å². The molecule has 0 radical (unpaired) electrons. The van der Waals surface area contributed by atoms with Crippen molar-refractivity contribution in [2.45, 2.75) is 26.1 Å². The van der Waals surface area contributed by atoms with Crippen LogP contribution in [0, 0.1) is 18.6 Å². The first-order valence-electron chi connectivity index (χ1n) is 9.60. The molecule has 0 saturated heterocycles. The zero-order valence-electron chi connectivity index (χ0n) is 17.4. The molecule has 0 aliphatic rings. The fourth-order valence-corrected chi connectivity index (χ4v) is 3.58. The molecule has 0 aliphatic carbocycles. The molecule has 1 aromatic heterocycles. The number of ether oxygens (including phenoxy) is 2. The number of nitrogens with zero attached hydrogens (tertiary/aromatic N) is 1. The van der Waals surface area contributed by atoms with Crippen molar-refractivity contribution < 1.29 is 23.0 Å². The van der Waals surface area contributed by atoms with Crippen molar-refractivity contribution >= 4 is 21.9 Å². The van der Waals surface area contributed by atoms with Crippen LogP contribution in [0.25, 0.3) is 0 Å². The maximum atomic E-state index is 13.8. The van der Waals surface area contributed by atoms with Crippen molar-refractivity contribution in [3.63, 3.8) is 0 Å². The molecular formula is C23H21BrF2N2O4. The topological polar surface area (TPSA) is 83.6 Å². The first-order chi connectivity index (χ1) is 15.2. The van der Waals surface area contributed by atoms with Crippen LogP contribution in [0.1, 0.15) is 28.4 Å². The van der Waals surface area contributed by atoms with E-state index in [2.05, 4.69) is 20.7 Å². The van der Waals surface area contributed by atoms with Gasteiger partial charge in [-0.15, -0.1) is 0 Å². The van der Waals surface area contributed by atoms with Gasteiger partial charge >= 0.3 is 5.97 Å². The Bertz CT molecular complexity index is 1210. The third-order valence-electron chi connectivity index (χ3n) is 4.92. The highest BCUT2D eigenvalue weighted by Gasteiger charge is 2.17. The van der Waals surface area contributed by atoms with Gasteiger partial charge in [-0.1, -0.05) is 24.3 Å². The minimum atomic E-state index is -0.924. The monoisotopic (exact) mass is 506 g/mol. The molecule has 6 nitrogen and oxygen atoms in total. The van der Waals surface area contributed by atoms with Crippen LogP contribution in [0.5, 0.6) is 5.75 Å². The third kappa shape index (κ3) is 5.23. The Balaban J connectivity index is 1.83. The molecular weight excluding hydrogens is 486 g/mol. The largest absolute Gasteiger partial charge is 0.487 e. The molecule has 0 fully saturated rings. The number of nitrogens with two attached hydrogens (primary N) is 1. The van der Waals surface area contributed by atoms with Gasteiger partial charge in [-0.3, -0.25) is 9.59 Å². The molecule has 32 heavy (non-hydrogen) atoms. The maximum Gasteiger partial charge on any atom is 0.327 e. The summed E-state index contributed by atoms with van der Waals surface area (Å²) in [6.45, 7) is 1.81. The summed E-state index contributed by atoms with van der Waals surface area (Å²) in [4.78, 5) is 24.6. The van der Waals surface area contributed by atoms with Crippen LogP contribution < -0.4 is 16.0 Å². The number of pyridine rings is 1. The van der Waals surface area contributed by atoms with Gasteiger partial charge in [-0.2, -0.15) is 0 Å². The standard InChI is InChI=1S/C23H21BrF2N2O4/c1-13-8-19(32-12-16-6-7-17(25)10-18(16)26)20(24)22(29)28(13)11-14-4-3-5-15(9-14)21(27)23(30)31-2/h3-10,21H,11-12,27H2,1-2H3. The van der Waals surface area contributed by atoms with Gasteiger partial charge in [0.05, 0.1) is 13.7 Å². The molecule has 0 saturated carbocycles. The second-order valence-electron chi connectivity index (χ2n) is 7.13. The SMILES string of the molecule is COC(=O)C(N)c1cccc(Cn2c(C)cc(OCc3ccc(F)cc3F)c(Br)c2=O)c1. The highest BCUT2D eigenvalue weighted by Crippen LogP contribution is 2.25. The molecule has 3 rings (SSSR count). The molecule has 3 aromatic rings. The van der Waals surface area contributed by atoms with Crippen molar-refractivity contribution in [1.82, 2.24) is 4.57 Å². The summed E-state index contributed by atoms with van der Waals surface area (Å²) in [5.74, 6) is -1.72. The summed E-state index contributed by atoms with van der Waals surface area (Å²) >= 11 is 3.26. The molecule has 0 aliphatic heterocycles.